The predicted molar refractivity (Wildman–Crippen MR) is 109 cm³/mol. The van der Waals surface area contributed by atoms with Gasteiger partial charge in [-0.15, -0.1) is 0 Å². The van der Waals surface area contributed by atoms with Gasteiger partial charge in [-0.2, -0.15) is 0 Å². The summed E-state index contributed by atoms with van der Waals surface area (Å²) in [7, 11) is 0. The number of nitrogens with zero attached hydrogens (tertiary/aromatic N) is 1. The fourth-order valence-corrected chi connectivity index (χ4v) is 4.29. The van der Waals surface area contributed by atoms with Gasteiger partial charge < -0.3 is 19.9 Å². The topological polar surface area (TPSA) is 71.0 Å². The molecular formula is C22H34N2O4. The quantitative estimate of drug-likeness (QED) is 0.809. The molecule has 1 fully saturated rings. The van der Waals surface area contributed by atoms with Crippen LogP contribution < -0.4 is 14.8 Å². The summed E-state index contributed by atoms with van der Waals surface area (Å²) in [6.45, 7) is 10.0. The van der Waals surface area contributed by atoms with Crippen LogP contribution in [0, 0.1) is 5.92 Å². The highest BCUT2D eigenvalue weighted by atomic mass is 16.5. The zero-order chi connectivity index (χ0) is 20.3. The van der Waals surface area contributed by atoms with Crippen LogP contribution in [0.2, 0.25) is 0 Å². The molecule has 0 aromatic heterocycles. The number of amides is 1. The van der Waals surface area contributed by atoms with Crippen molar-refractivity contribution in [1.82, 2.24) is 10.2 Å². The molecule has 2 N–H and O–H groups in total. The zero-order valence-electron chi connectivity index (χ0n) is 17.5. The van der Waals surface area contributed by atoms with E-state index in [9.17, 15) is 9.90 Å². The summed E-state index contributed by atoms with van der Waals surface area (Å²) in [4.78, 5) is 15.0. The number of carbonyl (C=O) groups excluding carboxylic acids is 1. The second-order valence-corrected chi connectivity index (χ2v) is 8.54. The summed E-state index contributed by atoms with van der Waals surface area (Å²) in [6, 6.07) is 6.24. The number of benzene rings is 1. The zero-order valence-corrected chi connectivity index (χ0v) is 17.5. The van der Waals surface area contributed by atoms with Crippen molar-refractivity contribution in [3.63, 3.8) is 0 Å². The van der Waals surface area contributed by atoms with Gasteiger partial charge in [-0.25, -0.2) is 0 Å². The van der Waals surface area contributed by atoms with E-state index in [1.807, 2.05) is 18.2 Å². The normalized spacial score (nSPS) is 26.6. The van der Waals surface area contributed by atoms with Crippen molar-refractivity contribution in [2.24, 2.45) is 5.92 Å². The van der Waals surface area contributed by atoms with Gasteiger partial charge >= 0.3 is 0 Å². The van der Waals surface area contributed by atoms with Crippen LogP contribution in [-0.4, -0.2) is 53.9 Å². The lowest BCUT2D eigenvalue weighted by molar-refractivity contribution is -0.125. The standard InChI is InChI=1S/C22H34N2O4/c1-14(2)22(17-6-7-19-20(12-17)28-9-5-8-27-19)23-21(26)13-24-15(3)10-18(25)11-16(24)4/h6-7,12,14-16,18,22,25H,5,8-11,13H2,1-4H3,(H,23,26)/t15-,16-,22+/m1/s1. The Balaban J connectivity index is 1.69. The van der Waals surface area contributed by atoms with Gasteiger partial charge in [0.25, 0.3) is 0 Å². The Labute approximate surface area is 168 Å². The number of hydrogen-bond acceptors (Lipinski definition) is 5. The SMILES string of the molecule is CC(C)[C@H](NC(=O)CN1[C@H](C)CC(O)C[C@H]1C)c1ccc2c(c1)OCCCO2. The lowest BCUT2D eigenvalue weighted by Crippen LogP contribution is -2.52. The molecule has 0 unspecified atom stereocenters. The number of rotatable bonds is 5. The summed E-state index contributed by atoms with van der Waals surface area (Å²) >= 11 is 0. The molecule has 2 aliphatic heterocycles. The average Bonchev–Trinajstić information content (AvgIpc) is 2.87. The molecule has 1 aromatic rings. The second-order valence-electron chi connectivity index (χ2n) is 8.54. The number of nitrogens with one attached hydrogen (secondary N) is 1. The first-order valence-electron chi connectivity index (χ1n) is 10.5. The number of hydrogen-bond donors (Lipinski definition) is 2. The Morgan fingerprint density at radius 3 is 2.46 bits per heavy atom. The number of fused-ring (bicyclic) bond motifs is 1. The van der Waals surface area contributed by atoms with Crippen LogP contribution in [0.15, 0.2) is 18.2 Å². The third-order valence-electron chi connectivity index (χ3n) is 5.80. The van der Waals surface area contributed by atoms with Crippen molar-refractivity contribution in [1.29, 1.82) is 0 Å². The van der Waals surface area contributed by atoms with Crippen LogP contribution in [0.4, 0.5) is 0 Å². The van der Waals surface area contributed by atoms with Crippen LogP contribution in [-0.2, 0) is 4.79 Å². The molecule has 0 bridgehead atoms. The highest BCUT2D eigenvalue weighted by molar-refractivity contribution is 5.78. The molecule has 1 amide bonds. The summed E-state index contributed by atoms with van der Waals surface area (Å²) in [5.74, 6) is 1.78. The lowest BCUT2D eigenvalue weighted by atomic mass is 9.94. The average molecular weight is 391 g/mol. The van der Waals surface area contributed by atoms with E-state index in [0.29, 0.717) is 32.6 Å². The van der Waals surface area contributed by atoms with Crippen molar-refractivity contribution in [2.45, 2.75) is 71.2 Å². The van der Waals surface area contributed by atoms with Gasteiger partial charge in [0.05, 0.1) is 31.9 Å². The third kappa shape index (κ3) is 4.97. The molecule has 0 aliphatic carbocycles. The number of carbonyl (C=O) groups is 1. The van der Waals surface area contributed by atoms with E-state index in [1.165, 1.54) is 0 Å². The smallest absolute Gasteiger partial charge is 0.234 e. The first kappa shape index (κ1) is 20.9. The highest BCUT2D eigenvalue weighted by Crippen LogP contribution is 2.34. The molecule has 3 rings (SSSR count). The number of aliphatic hydroxyl groups is 1. The Bertz CT molecular complexity index is 667. The highest BCUT2D eigenvalue weighted by Gasteiger charge is 2.31. The minimum absolute atomic E-state index is 0.0147. The summed E-state index contributed by atoms with van der Waals surface area (Å²) < 4.78 is 11.5. The Morgan fingerprint density at radius 1 is 1.18 bits per heavy atom. The van der Waals surface area contributed by atoms with Gasteiger partial charge in [-0.3, -0.25) is 9.69 Å². The third-order valence-corrected chi connectivity index (χ3v) is 5.80. The van der Waals surface area contributed by atoms with Gasteiger partial charge in [-0.05, 0) is 50.3 Å². The lowest BCUT2D eigenvalue weighted by Gasteiger charge is -2.40. The maximum atomic E-state index is 12.8. The van der Waals surface area contributed by atoms with E-state index in [1.54, 1.807) is 0 Å². The van der Waals surface area contributed by atoms with E-state index in [2.05, 4.69) is 37.9 Å². The Morgan fingerprint density at radius 2 is 1.82 bits per heavy atom. The molecule has 156 valence electrons. The number of likely N-dealkylation sites (tertiary alicyclic amines) is 1. The van der Waals surface area contributed by atoms with Crippen molar-refractivity contribution in [3.8, 4) is 11.5 Å². The monoisotopic (exact) mass is 390 g/mol. The van der Waals surface area contributed by atoms with Gasteiger partial charge in [0.15, 0.2) is 11.5 Å². The minimum Gasteiger partial charge on any atom is -0.490 e. The Kier molecular flexibility index (Phi) is 6.83. The van der Waals surface area contributed by atoms with E-state index in [4.69, 9.17) is 9.47 Å². The Hall–Kier alpha value is -1.79. The van der Waals surface area contributed by atoms with E-state index < -0.39 is 0 Å². The molecule has 1 saturated heterocycles. The number of piperidine rings is 1. The van der Waals surface area contributed by atoms with E-state index in [-0.39, 0.29) is 36.1 Å². The van der Waals surface area contributed by atoms with E-state index >= 15 is 0 Å². The molecule has 0 radical (unpaired) electrons. The maximum Gasteiger partial charge on any atom is 0.234 e. The minimum atomic E-state index is -0.269. The fraction of sp³-hybridized carbons (Fsp3) is 0.682. The van der Waals surface area contributed by atoms with Crippen molar-refractivity contribution in [3.05, 3.63) is 23.8 Å². The summed E-state index contributed by atoms with van der Waals surface area (Å²) in [5, 5.41) is 13.2. The molecule has 2 aliphatic rings. The number of ether oxygens (including phenoxy) is 2. The summed E-state index contributed by atoms with van der Waals surface area (Å²) in [6.07, 6.45) is 2.03. The van der Waals surface area contributed by atoms with Crippen LogP contribution in [0.25, 0.3) is 0 Å². The molecule has 6 heteroatoms. The predicted octanol–water partition coefficient (Wildman–Crippen LogP) is 2.89. The largest absolute Gasteiger partial charge is 0.490 e. The molecule has 2 heterocycles. The molecular weight excluding hydrogens is 356 g/mol. The summed E-state index contributed by atoms with van der Waals surface area (Å²) in [5.41, 5.74) is 1.03. The van der Waals surface area contributed by atoms with Gasteiger partial charge in [-0.1, -0.05) is 19.9 Å². The van der Waals surface area contributed by atoms with Crippen LogP contribution in [0.3, 0.4) is 0 Å². The molecule has 1 aromatic carbocycles. The number of aliphatic hydroxyl groups excluding tert-OH is 1. The molecule has 0 spiro atoms. The second kappa shape index (κ2) is 9.14. The van der Waals surface area contributed by atoms with Gasteiger partial charge in [0, 0.05) is 18.5 Å². The van der Waals surface area contributed by atoms with Crippen LogP contribution in [0.1, 0.15) is 58.6 Å². The first-order valence-corrected chi connectivity index (χ1v) is 10.5. The fourth-order valence-electron chi connectivity index (χ4n) is 4.29. The van der Waals surface area contributed by atoms with Crippen molar-refractivity contribution in [2.75, 3.05) is 19.8 Å². The molecule has 6 nitrogen and oxygen atoms in total. The molecule has 28 heavy (non-hydrogen) atoms. The van der Waals surface area contributed by atoms with Crippen LogP contribution in [0.5, 0.6) is 11.5 Å². The molecule has 0 saturated carbocycles. The molecule has 3 atom stereocenters. The van der Waals surface area contributed by atoms with Crippen molar-refractivity contribution < 1.29 is 19.4 Å². The van der Waals surface area contributed by atoms with Crippen molar-refractivity contribution >= 4 is 5.91 Å². The van der Waals surface area contributed by atoms with Gasteiger partial charge in [0.2, 0.25) is 5.91 Å². The van der Waals surface area contributed by atoms with Crippen LogP contribution >= 0.6 is 0 Å². The van der Waals surface area contributed by atoms with E-state index in [0.717, 1.165) is 23.5 Å². The first-order chi connectivity index (χ1) is 13.3. The van der Waals surface area contributed by atoms with Gasteiger partial charge in [0.1, 0.15) is 0 Å². The maximum absolute atomic E-state index is 12.8.